The number of halogens is 1. The molecule has 0 aromatic heterocycles. The molecule has 2 heteroatoms. The number of rotatable bonds is 3. The summed E-state index contributed by atoms with van der Waals surface area (Å²) in [6.07, 6.45) is 8.78. The van der Waals surface area contributed by atoms with Gasteiger partial charge in [-0.25, -0.2) is 0 Å². The van der Waals surface area contributed by atoms with E-state index in [1.165, 1.54) is 5.57 Å². The predicted octanol–water partition coefficient (Wildman–Crippen LogP) is 2.98. The van der Waals surface area contributed by atoms with Crippen molar-refractivity contribution in [3.8, 4) is 0 Å². The van der Waals surface area contributed by atoms with Crippen LogP contribution in [0.3, 0.4) is 0 Å². The normalized spacial score (nSPS) is 28.1. The van der Waals surface area contributed by atoms with E-state index in [0.717, 1.165) is 18.2 Å². The lowest BCUT2D eigenvalue weighted by molar-refractivity contribution is 0.486. The molecule has 0 aliphatic carbocycles. The van der Waals surface area contributed by atoms with Crippen molar-refractivity contribution in [2.24, 2.45) is 0 Å². The number of hydrogen-bond donors (Lipinski definition) is 1. The molecule has 1 nitrogen and oxygen atoms in total. The van der Waals surface area contributed by atoms with Crippen molar-refractivity contribution in [3.63, 3.8) is 0 Å². The van der Waals surface area contributed by atoms with E-state index >= 15 is 0 Å². The summed E-state index contributed by atoms with van der Waals surface area (Å²) in [6, 6.07) is 0. The van der Waals surface area contributed by atoms with E-state index in [9.17, 15) is 0 Å². The molecule has 1 unspecified atom stereocenters. The third kappa shape index (κ3) is 1.92. The van der Waals surface area contributed by atoms with Crippen molar-refractivity contribution in [1.29, 1.82) is 0 Å². The van der Waals surface area contributed by atoms with Crippen LogP contribution in [0, 0.1) is 0 Å². The summed E-state index contributed by atoms with van der Waals surface area (Å²) < 4.78 is 0. The summed E-state index contributed by atoms with van der Waals surface area (Å²) in [5.41, 5.74) is 1.58. The highest BCUT2D eigenvalue weighted by Crippen LogP contribution is 2.22. The molecule has 0 bridgehead atoms. The Labute approximate surface area is 83.1 Å². The predicted molar refractivity (Wildman–Crippen MR) is 57.5 cm³/mol. The number of alkyl halides is 1. The van der Waals surface area contributed by atoms with E-state index in [2.05, 4.69) is 53.4 Å². The third-order valence-electron chi connectivity index (χ3n) is 2.41. The molecular weight excluding hydrogens is 214 g/mol. The molecule has 1 N–H and O–H groups in total. The molecule has 0 aromatic carbocycles. The van der Waals surface area contributed by atoms with Crippen LogP contribution in [0.5, 0.6) is 0 Å². The topological polar surface area (TPSA) is 12.0 Å². The van der Waals surface area contributed by atoms with Crippen LogP contribution in [-0.2, 0) is 0 Å². The van der Waals surface area contributed by atoms with E-state index < -0.39 is 0 Å². The summed E-state index contributed by atoms with van der Waals surface area (Å²) in [4.78, 5) is 0. The monoisotopic (exact) mass is 229 g/mol. The lowest BCUT2D eigenvalue weighted by Crippen LogP contribution is -2.43. The van der Waals surface area contributed by atoms with E-state index in [-0.39, 0.29) is 5.54 Å². The summed E-state index contributed by atoms with van der Waals surface area (Å²) in [5, 5.41) is 4.37. The second kappa shape index (κ2) is 4.13. The molecule has 0 radical (unpaired) electrons. The SMILES string of the molecule is CCC1=CC(CC)(CBr)NC=C1. The Morgan fingerprint density at radius 3 is 2.75 bits per heavy atom. The fraction of sp³-hybridized carbons (Fsp3) is 0.600. The summed E-state index contributed by atoms with van der Waals surface area (Å²) >= 11 is 3.54. The summed E-state index contributed by atoms with van der Waals surface area (Å²) in [5.74, 6) is 0. The van der Waals surface area contributed by atoms with Crippen LogP contribution in [0.4, 0.5) is 0 Å². The Hall–Kier alpha value is -0.240. The first-order valence-corrected chi connectivity index (χ1v) is 5.60. The second-order valence-electron chi connectivity index (χ2n) is 3.19. The fourth-order valence-corrected chi connectivity index (χ4v) is 2.08. The molecule has 0 amide bonds. The van der Waals surface area contributed by atoms with Gasteiger partial charge in [-0.15, -0.1) is 0 Å². The number of nitrogens with one attached hydrogen (secondary N) is 1. The largest absolute Gasteiger partial charge is 0.381 e. The maximum atomic E-state index is 3.54. The first-order chi connectivity index (χ1) is 5.76. The van der Waals surface area contributed by atoms with Gasteiger partial charge in [0.1, 0.15) is 0 Å². The first kappa shape index (κ1) is 9.85. The molecule has 1 rings (SSSR count). The molecule has 0 spiro atoms. The Bertz CT molecular complexity index is 202. The van der Waals surface area contributed by atoms with Crippen molar-refractivity contribution in [2.45, 2.75) is 32.2 Å². The molecule has 0 aromatic rings. The highest BCUT2D eigenvalue weighted by atomic mass is 79.9. The Balaban J connectivity index is 2.80. The van der Waals surface area contributed by atoms with Gasteiger partial charge in [-0.3, -0.25) is 0 Å². The summed E-state index contributed by atoms with van der Waals surface area (Å²) in [7, 11) is 0. The van der Waals surface area contributed by atoms with E-state index in [4.69, 9.17) is 0 Å². The van der Waals surface area contributed by atoms with Gasteiger partial charge in [-0.1, -0.05) is 35.9 Å². The van der Waals surface area contributed by atoms with Crippen LogP contribution in [0.1, 0.15) is 26.7 Å². The quantitative estimate of drug-likeness (QED) is 0.735. The van der Waals surface area contributed by atoms with Crippen molar-refractivity contribution in [1.82, 2.24) is 5.32 Å². The van der Waals surface area contributed by atoms with Gasteiger partial charge >= 0.3 is 0 Å². The van der Waals surface area contributed by atoms with Crippen LogP contribution in [-0.4, -0.2) is 10.9 Å². The number of hydrogen-bond acceptors (Lipinski definition) is 1. The summed E-state index contributed by atoms with van der Waals surface area (Å²) in [6.45, 7) is 4.40. The minimum absolute atomic E-state index is 0.153. The molecule has 1 aliphatic rings. The average molecular weight is 230 g/mol. The lowest BCUT2D eigenvalue weighted by atomic mass is 9.92. The van der Waals surface area contributed by atoms with Crippen LogP contribution in [0.15, 0.2) is 23.9 Å². The molecule has 0 fully saturated rings. The Morgan fingerprint density at radius 1 is 1.50 bits per heavy atom. The molecule has 68 valence electrons. The van der Waals surface area contributed by atoms with E-state index in [1.54, 1.807) is 0 Å². The first-order valence-electron chi connectivity index (χ1n) is 4.48. The Kier molecular flexibility index (Phi) is 3.39. The maximum Gasteiger partial charge on any atom is 0.0650 e. The van der Waals surface area contributed by atoms with E-state index in [1.807, 2.05) is 0 Å². The highest BCUT2D eigenvalue weighted by Gasteiger charge is 2.24. The smallest absolute Gasteiger partial charge is 0.0650 e. The maximum absolute atomic E-state index is 3.54. The van der Waals surface area contributed by atoms with Gasteiger partial charge in [-0.2, -0.15) is 0 Å². The zero-order chi connectivity index (χ0) is 9.03. The molecule has 0 saturated heterocycles. The highest BCUT2D eigenvalue weighted by molar-refractivity contribution is 9.09. The van der Waals surface area contributed by atoms with Gasteiger partial charge in [0.05, 0.1) is 5.54 Å². The standard InChI is InChI=1S/C10H16BrN/c1-3-9-5-6-12-10(4-2,7-9)8-11/h5-7,12H,3-4,8H2,1-2H3. The van der Waals surface area contributed by atoms with Crippen molar-refractivity contribution >= 4 is 15.9 Å². The fourth-order valence-electron chi connectivity index (χ4n) is 1.36. The van der Waals surface area contributed by atoms with Crippen molar-refractivity contribution in [2.75, 3.05) is 5.33 Å². The number of dihydropyridines is 1. The van der Waals surface area contributed by atoms with Crippen LogP contribution < -0.4 is 5.32 Å². The average Bonchev–Trinajstić information content (AvgIpc) is 2.18. The lowest BCUT2D eigenvalue weighted by Gasteiger charge is -2.31. The van der Waals surface area contributed by atoms with E-state index in [0.29, 0.717) is 0 Å². The van der Waals surface area contributed by atoms with Gasteiger partial charge < -0.3 is 5.32 Å². The second-order valence-corrected chi connectivity index (χ2v) is 3.75. The van der Waals surface area contributed by atoms with Crippen LogP contribution >= 0.6 is 15.9 Å². The Morgan fingerprint density at radius 2 is 2.25 bits per heavy atom. The van der Waals surface area contributed by atoms with Gasteiger partial charge in [-0.05, 0) is 30.7 Å². The molecule has 0 saturated carbocycles. The van der Waals surface area contributed by atoms with Crippen molar-refractivity contribution < 1.29 is 0 Å². The molecule has 1 aliphatic heterocycles. The van der Waals surface area contributed by atoms with Crippen molar-refractivity contribution in [3.05, 3.63) is 23.9 Å². The minimum atomic E-state index is 0.153. The zero-order valence-corrected chi connectivity index (χ0v) is 9.32. The van der Waals surface area contributed by atoms with Gasteiger partial charge in [0.15, 0.2) is 0 Å². The van der Waals surface area contributed by atoms with Gasteiger partial charge in [0.2, 0.25) is 0 Å². The van der Waals surface area contributed by atoms with Gasteiger partial charge in [0, 0.05) is 5.33 Å². The third-order valence-corrected chi connectivity index (χ3v) is 3.41. The molecule has 12 heavy (non-hydrogen) atoms. The molecular formula is C10H16BrN. The molecule has 1 heterocycles. The zero-order valence-electron chi connectivity index (χ0n) is 7.73. The molecule has 1 atom stereocenters. The van der Waals surface area contributed by atoms with Gasteiger partial charge in [0.25, 0.3) is 0 Å². The number of allylic oxidation sites excluding steroid dienone is 2. The minimum Gasteiger partial charge on any atom is -0.381 e. The van der Waals surface area contributed by atoms with Crippen LogP contribution in [0.25, 0.3) is 0 Å². The van der Waals surface area contributed by atoms with Crippen LogP contribution in [0.2, 0.25) is 0 Å².